The van der Waals surface area contributed by atoms with Crippen LogP contribution in [0, 0.1) is 0 Å². The lowest BCUT2D eigenvalue weighted by atomic mass is 9.92. The second-order valence-corrected chi connectivity index (χ2v) is 8.02. The number of allylic oxidation sites excluding steroid dienone is 1. The van der Waals surface area contributed by atoms with Crippen LogP contribution in [-0.4, -0.2) is 0 Å². The molecule has 0 spiro atoms. The molecule has 0 saturated carbocycles. The van der Waals surface area contributed by atoms with E-state index in [1.54, 1.807) is 16.7 Å². The summed E-state index contributed by atoms with van der Waals surface area (Å²) in [6.45, 7) is 0. The van der Waals surface area contributed by atoms with Crippen LogP contribution in [0.2, 0.25) is 0 Å². The van der Waals surface area contributed by atoms with Crippen molar-refractivity contribution in [2.75, 3.05) is 0 Å². The minimum Gasteiger partial charge on any atom is -0.0795 e. The van der Waals surface area contributed by atoms with Crippen molar-refractivity contribution in [2.45, 2.75) is 103 Å². The number of benzene rings is 1. The highest BCUT2D eigenvalue weighted by Gasteiger charge is 2.11. The van der Waals surface area contributed by atoms with E-state index in [-0.39, 0.29) is 0 Å². The standard InChI is InChI=1S/C24H36/c1-2-4-6-8-10-12-15-21-19-23-17-14-18-24(23)20-22(21)16-13-11-9-7-5-3-1/h14,17,19-20H,1-13,15-16,18H2. The molecule has 0 unspecified atom stereocenters. The highest BCUT2D eigenvalue weighted by atomic mass is 14.2. The Morgan fingerprint density at radius 1 is 0.458 bits per heavy atom. The maximum Gasteiger partial charge on any atom is -0.00881 e. The van der Waals surface area contributed by atoms with Gasteiger partial charge in [0.2, 0.25) is 0 Å². The van der Waals surface area contributed by atoms with Gasteiger partial charge in [0.15, 0.2) is 0 Å². The Kier molecular flexibility index (Phi) is 7.45. The minimum atomic E-state index is 1.16. The zero-order valence-corrected chi connectivity index (χ0v) is 15.6. The summed E-state index contributed by atoms with van der Waals surface area (Å²) in [6.07, 6.45) is 27.2. The molecule has 24 heavy (non-hydrogen) atoms. The van der Waals surface area contributed by atoms with Crippen LogP contribution in [0.15, 0.2) is 18.2 Å². The zero-order valence-electron chi connectivity index (χ0n) is 15.6. The summed E-state index contributed by atoms with van der Waals surface area (Å²) in [7, 11) is 0. The van der Waals surface area contributed by atoms with Crippen molar-refractivity contribution in [3.63, 3.8) is 0 Å². The summed E-state index contributed by atoms with van der Waals surface area (Å²) in [4.78, 5) is 0. The molecule has 0 N–H and O–H groups in total. The molecule has 0 aliphatic heterocycles. The Morgan fingerprint density at radius 3 is 1.46 bits per heavy atom. The Labute approximate surface area is 149 Å². The fourth-order valence-corrected chi connectivity index (χ4v) is 4.45. The van der Waals surface area contributed by atoms with Crippen LogP contribution >= 0.6 is 0 Å². The van der Waals surface area contributed by atoms with Gasteiger partial charge in [0, 0.05) is 0 Å². The van der Waals surface area contributed by atoms with Crippen LogP contribution in [0.4, 0.5) is 0 Å². The first-order chi connectivity index (χ1) is 11.9. The molecule has 0 aromatic heterocycles. The molecule has 0 nitrogen and oxygen atoms in total. The second-order valence-electron chi connectivity index (χ2n) is 8.02. The lowest BCUT2D eigenvalue weighted by molar-refractivity contribution is 0.539. The van der Waals surface area contributed by atoms with Gasteiger partial charge in [-0.15, -0.1) is 0 Å². The van der Waals surface area contributed by atoms with E-state index in [0.717, 1.165) is 6.42 Å². The molecule has 0 heteroatoms. The van der Waals surface area contributed by atoms with E-state index in [9.17, 15) is 0 Å². The van der Waals surface area contributed by atoms with Gasteiger partial charge in [0.25, 0.3) is 0 Å². The normalized spacial score (nSPS) is 21.0. The highest BCUT2D eigenvalue weighted by Crippen LogP contribution is 2.27. The highest BCUT2D eigenvalue weighted by molar-refractivity contribution is 5.62. The summed E-state index contributed by atoms with van der Waals surface area (Å²) >= 11 is 0. The average molecular weight is 325 g/mol. The number of rotatable bonds is 0. The van der Waals surface area contributed by atoms with Crippen molar-refractivity contribution < 1.29 is 0 Å². The Balaban J connectivity index is 1.61. The third-order valence-electron chi connectivity index (χ3n) is 5.99. The van der Waals surface area contributed by atoms with Gasteiger partial charge in [0.1, 0.15) is 0 Å². The van der Waals surface area contributed by atoms with E-state index in [4.69, 9.17) is 0 Å². The lowest BCUT2D eigenvalue weighted by Gasteiger charge is -2.13. The van der Waals surface area contributed by atoms with Gasteiger partial charge in [-0.1, -0.05) is 94.9 Å². The van der Waals surface area contributed by atoms with Gasteiger partial charge in [0.05, 0.1) is 0 Å². The number of hydrogen-bond donors (Lipinski definition) is 0. The van der Waals surface area contributed by atoms with Crippen molar-refractivity contribution in [1.29, 1.82) is 0 Å². The van der Waals surface area contributed by atoms with Crippen LogP contribution in [0.5, 0.6) is 0 Å². The summed E-state index contributed by atoms with van der Waals surface area (Å²) in [5.74, 6) is 0. The second kappa shape index (κ2) is 10.1. The van der Waals surface area contributed by atoms with E-state index in [2.05, 4.69) is 24.3 Å². The number of fused-ring (bicyclic) bond motifs is 2. The molecule has 0 radical (unpaired) electrons. The molecule has 0 saturated heterocycles. The third-order valence-corrected chi connectivity index (χ3v) is 5.99. The van der Waals surface area contributed by atoms with Gasteiger partial charge in [-0.25, -0.2) is 0 Å². The van der Waals surface area contributed by atoms with Crippen molar-refractivity contribution >= 4 is 6.08 Å². The number of hydrogen-bond acceptors (Lipinski definition) is 0. The lowest BCUT2D eigenvalue weighted by Crippen LogP contribution is -1.99. The molecule has 0 atom stereocenters. The monoisotopic (exact) mass is 324 g/mol. The smallest absolute Gasteiger partial charge is 0.00881 e. The van der Waals surface area contributed by atoms with E-state index >= 15 is 0 Å². The summed E-state index contributed by atoms with van der Waals surface area (Å²) in [5, 5.41) is 0. The van der Waals surface area contributed by atoms with E-state index in [0.29, 0.717) is 0 Å². The topological polar surface area (TPSA) is 0 Å². The molecule has 1 aromatic carbocycles. The van der Waals surface area contributed by atoms with E-state index in [1.807, 2.05) is 0 Å². The molecule has 132 valence electrons. The molecule has 0 fully saturated rings. The molecular formula is C24H36. The van der Waals surface area contributed by atoms with Gasteiger partial charge < -0.3 is 0 Å². The maximum absolute atomic E-state index is 2.54. The third kappa shape index (κ3) is 5.50. The largest absolute Gasteiger partial charge is 0.0795 e. The van der Waals surface area contributed by atoms with Crippen LogP contribution in [0.1, 0.15) is 106 Å². The first-order valence-electron chi connectivity index (χ1n) is 10.7. The predicted octanol–water partition coefficient (Wildman–Crippen LogP) is 7.43. The molecular weight excluding hydrogens is 288 g/mol. The number of aryl methyl sites for hydroxylation is 2. The minimum absolute atomic E-state index is 1.16. The summed E-state index contributed by atoms with van der Waals surface area (Å²) < 4.78 is 0. The van der Waals surface area contributed by atoms with Crippen LogP contribution in [-0.2, 0) is 19.3 Å². The van der Waals surface area contributed by atoms with Gasteiger partial charge in [-0.05, 0) is 54.4 Å². The van der Waals surface area contributed by atoms with Crippen molar-refractivity contribution in [3.05, 3.63) is 40.5 Å². The van der Waals surface area contributed by atoms with E-state index in [1.165, 1.54) is 102 Å². The van der Waals surface area contributed by atoms with Crippen LogP contribution in [0.3, 0.4) is 0 Å². The van der Waals surface area contributed by atoms with Gasteiger partial charge >= 0.3 is 0 Å². The summed E-state index contributed by atoms with van der Waals surface area (Å²) in [6, 6.07) is 5.06. The first kappa shape index (κ1) is 17.8. The van der Waals surface area contributed by atoms with Crippen LogP contribution in [0.25, 0.3) is 6.08 Å². The molecule has 0 heterocycles. The van der Waals surface area contributed by atoms with Crippen molar-refractivity contribution in [3.8, 4) is 0 Å². The predicted molar refractivity (Wildman–Crippen MR) is 107 cm³/mol. The van der Waals surface area contributed by atoms with Crippen molar-refractivity contribution in [1.82, 2.24) is 0 Å². The Bertz CT molecular complexity index is 523. The molecule has 2 aliphatic rings. The van der Waals surface area contributed by atoms with E-state index < -0.39 is 0 Å². The average Bonchev–Trinajstić information content (AvgIpc) is 3.04. The molecule has 2 aliphatic carbocycles. The quantitative estimate of drug-likeness (QED) is 0.465. The Morgan fingerprint density at radius 2 is 0.917 bits per heavy atom. The molecule has 3 rings (SSSR count). The summed E-state index contributed by atoms with van der Waals surface area (Å²) in [5.41, 5.74) is 6.39. The van der Waals surface area contributed by atoms with Crippen LogP contribution < -0.4 is 0 Å². The molecule has 0 bridgehead atoms. The first-order valence-corrected chi connectivity index (χ1v) is 10.7. The van der Waals surface area contributed by atoms with Crippen molar-refractivity contribution in [2.24, 2.45) is 0 Å². The zero-order chi connectivity index (χ0) is 16.5. The van der Waals surface area contributed by atoms with Gasteiger partial charge in [-0.2, -0.15) is 0 Å². The Hall–Kier alpha value is -1.04. The molecule has 0 amide bonds. The maximum atomic E-state index is 2.54. The SMILES string of the molecule is C1=Cc2cc3c(cc2C1)CCCCCCCCCCCCCCC3. The molecule has 1 aromatic rings. The fraction of sp³-hybridized carbons (Fsp3) is 0.667. The van der Waals surface area contributed by atoms with Gasteiger partial charge in [-0.3, -0.25) is 0 Å². The fourth-order valence-electron chi connectivity index (χ4n) is 4.45.